The van der Waals surface area contributed by atoms with E-state index in [4.69, 9.17) is 18.6 Å². The predicted molar refractivity (Wildman–Crippen MR) is 121 cm³/mol. The molecule has 0 saturated heterocycles. The van der Waals surface area contributed by atoms with Gasteiger partial charge in [-0.25, -0.2) is 4.79 Å². The molecule has 0 unspecified atom stereocenters. The normalized spacial score (nSPS) is 11.8. The van der Waals surface area contributed by atoms with Crippen LogP contribution in [-0.4, -0.2) is 30.1 Å². The highest BCUT2D eigenvalue weighted by Gasteiger charge is 2.16. The topological polar surface area (TPSA) is 108 Å². The monoisotopic (exact) mass is 444 g/mol. The Bertz CT molecular complexity index is 1300. The van der Waals surface area contributed by atoms with Gasteiger partial charge in [-0.3, -0.25) is 0 Å². The van der Waals surface area contributed by atoms with E-state index in [1.807, 2.05) is 36.4 Å². The number of ether oxygens (including phenoxy) is 3. The van der Waals surface area contributed by atoms with Crippen molar-refractivity contribution in [3.8, 4) is 28.7 Å². The summed E-state index contributed by atoms with van der Waals surface area (Å²) in [5, 5.41) is 13.9. The van der Waals surface area contributed by atoms with Crippen molar-refractivity contribution >= 4 is 17.4 Å². The Kier molecular flexibility index (Phi) is 5.50. The maximum absolute atomic E-state index is 12.4. The molecule has 1 aliphatic rings. The van der Waals surface area contributed by atoms with Crippen molar-refractivity contribution in [2.75, 3.05) is 24.5 Å². The first kappa shape index (κ1) is 20.4. The van der Waals surface area contributed by atoms with Gasteiger partial charge in [-0.15, -0.1) is 10.2 Å². The fraction of sp³-hybridized carbons (Fsp3) is 0.125. The molecule has 0 spiro atoms. The summed E-state index contributed by atoms with van der Waals surface area (Å²) in [5.41, 5.74) is 2.81. The lowest BCUT2D eigenvalue weighted by Gasteiger charge is -2.11. The van der Waals surface area contributed by atoms with E-state index in [1.54, 1.807) is 37.4 Å². The average Bonchev–Trinajstić information content (AvgIpc) is 3.49. The van der Waals surface area contributed by atoms with Gasteiger partial charge in [0.05, 0.1) is 19.2 Å². The fourth-order valence-corrected chi connectivity index (χ4v) is 3.43. The highest BCUT2D eigenvalue weighted by atomic mass is 16.7. The number of nitrogens with zero attached hydrogens (tertiary/aromatic N) is 2. The van der Waals surface area contributed by atoms with E-state index < -0.39 is 6.03 Å². The smallest absolute Gasteiger partial charge is 0.323 e. The van der Waals surface area contributed by atoms with Crippen molar-refractivity contribution in [3.63, 3.8) is 0 Å². The minimum absolute atomic E-state index is 0.227. The minimum Gasteiger partial charge on any atom is -0.495 e. The van der Waals surface area contributed by atoms with Crippen molar-refractivity contribution in [1.82, 2.24) is 10.2 Å². The quantitative estimate of drug-likeness (QED) is 0.443. The van der Waals surface area contributed by atoms with Gasteiger partial charge in [-0.2, -0.15) is 0 Å². The zero-order chi connectivity index (χ0) is 22.6. The number of carbonyl (C=O) groups is 1. The Hall–Kier alpha value is -4.53. The minimum atomic E-state index is -0.398. The number of methoxy groups -OCH3 is 1. The molecule has 0 radical (unpaired) electrons. The molecule has 0 aliphatic carbocycles. The van der Waals surface area contributed by atoms with Crippen molar-refractivity contribution in [2.45, 2.75) is 6.42 Å². The summed E-state index contributed by atoms with van der Waals surface area (Å²) in [6.45, 7) is 0.227. The van der Waals surface area contributed by atoms with Gasteiger partial charge >= 0.3 is 6.03 Å². The van der Waals surface area contributed by atoms with Crippen LogP contribution < -0.4 is 24.8 Å². The van der Waals surface area contributed by atoms with Crippen molar-refractivity contribution in [2.24, 2.45) is 0 Å². The molecular formula is C24H20N4O5. The van der Waals surface area contributed by atoms with E-state index in [1.165, 1.54) is 0 Å². The maximum atomic E-state index is 12.4. The van der Waals surface area contributed by atoms with Gasteiger partial charge in [0.15, 0.2) is 11.5 Å². The number of hydrogen-bond acceptors (Lipinski definition) is 7. The van der Waals surface area contributed by atoms with E-state index >= 15 is 0 Å². The number of fused-ring (bicyclic) bond motifs is 1. The Morgan fingerprint density at radius 3 is 2.76 bits per heavy atom. The molecule has 166 valence electrons. The number of aromatic nitrogens is 2. The van der Waals surface area contributed by atoms with Gasteiger partial charge in [0, 0.05) is 11.3 Å². The standard InChI is InChI=1S/C24H20N4O5/c1-30-19-8-3-2-7-18(19)26-24(29)25-17-6-4-5-16(13-17)23-28-27-22(33-23)12-15-9-10-20-21(11-15)32-14-31-20/h2-11,13H,12,14H2,1H3,(H2,25,26,29). The lowest BCUT2D eigenvalue weighted by molar-refractivity contribution is 0.174. The molecule has 33 heavy (non-hydrogen) atoms. The second-order valence-electron chi connectivity index (χ2n) is 7.23. The number of para-hydroxylation sites is 2. The van der Waals surface area contributed by atoms with Crippen LogP contribution in [0.3, 0.4) is 0 Å². The summed E-state index contributed by atoms with van der Waals surface area (Å²) < 4.78 is 21.8. The summed E-state index contributed by atoms with van der Waals surface area (Å²) in [7, 11) is 1.55. The molecule has 2 heterocycles. The number of nitrogens with one attached hydrogen (secondary N) is 2. The molecule has 4 aromatic rings. The Labute approximate surface area is 189 Å². The van der Waals surface area contributed by atoms with E-state index in [-0.39, 0.29) is 6.79 Å². The molecule has 2 amide bonds. The van der Waals surface area contributed by atoms with Crippen LogP contribution in [0.15, 0.2) is 71.1 Å². The second-order valence-corrected chi connectivity index (χ2v) is 7.23. The van der Waals surface area contributed by atoms with Crippen LogP contribution in [0, 0.1) is 0 Å². The van der Waals surface area contributed by atoms with Crippen LogP contribution in [0.4, 0.5) is 16.2 Å². The van der Waals surface area contributed by atoms with Gasteiger partial charge in [0.25, 0.3) is 0 Å². The van der Waals surface area contributed by atoms with Crippen LogP contribution in [-0.2, 0) is 6.42 Å². The first-order chi connectivity index (χ1) is 16.2. The maximum Gasteiger partial charge on any atom is 0.323 e. The highest BCUT2D eigenvalue weighted by molar-refractivity contribution is 6.00. The summed E-state index contributed by atoms with van der Waals surface area (Å²) in [5.74, 6) is 2.83. The first-order valence-corrected chi connectivity index (χ1v) is 10.2. The molecule has 0 fully saturated rings. The first-order valence-electron chi connectivity index (χ1n) is 10.2. The molecule has 9 nitrogen and oxygen atoms in total. The highest BCUT2D eigenvalue weighted by Crippen LogP contribution is 2.33. The number of rotatable bonds is 6. The number of anilines is 2. The van der Waals surface area contributed by atoms with E-state index in [0.717, 1.165) is 11.3 Å². The van der Waals surface area contributed by atoms with Gasteiger partial charge in [-0.05, 0) is 48.0 Å². The number of benzene rings is 3. The Morgan fingerprint density at radius 2 is 1.85 bits per heavy atom. The lowest BCUT2D eigenvalue weighted by Crippen LogP contribution is -2.19. The van der Waals surface area contributed by atoms with Crippen LogP contribution in [0.1, 0.15) is 11.5 Å². The molecule has 0 bridgehead atoms. The number of hydrogen-bond donors (Lipinski definition) is 2. The second kappa shape index (κ2) is 8.91. The summed E-state index contributed by atoms with van der Waals surface area (Å²) in [6, 6.07) is 19.6. The zero-order valence-corrected chi connectivity index (χ0v) is 17.7. The summed E-state index contributed by atoms with van der Waals surface area (Å²) in [6.07, 6.45) is 0.461. The van der Waals surface area contributed by atoms with Crippen LogP contribution in [0.5, 0.6) is 17.2 Å². The third-order valence-corrected chi connectivity index (χ3v) is 4.98. The van der Waals surface area contributed by atoms with Gasteiger partial charge < -0.3 is 29.3 Å². The van der Waals surface area contributed by atoms with Crippen LogP contribution in [0.2, 0.25) is 0 Å². The van der Waals surface area contributed by atoms with E-state index in [2.05, 4.69) is 20.8 Å². The molecule has 1 aliphatic heterocycles. The van der Waals surface area contributed by atoms with E-state index in [0.29, 0.717) is 46.6 Å². The predicted octanol–water partition coefficient (Wildman–Crippen LogP) is 4.71. The van der Waals surface area contributed by atoms with Crippen LogP contribution >= 0.6 is 0 Å². The largest absolute Gasteiger partial charge is 0.495 e. The SMILES string of the molecule is COc1ccccc1NC(=O)Nc1cccc(-c2nnc(Cc3ccc4c(c3)OCO4)o2)c1. The number of urea groups is 1. The molecule has 0 saturated carbocycles. The molecular weight excluding hydrogens is 424 g/mol. The van der Waals surface area contributed by atoms with Crippen LogP contribution in [0.25, 0.3) is 11.5 Å². The third-order valence-electron chi connectivity index (χ3n) is 4.98. The van der Waals surface area contributed by atoms with Crippen molar-refractivity contribution in [1.29, 1.82) is 0 Å². The summed E-state index contributed by atoms with van der Waals surface area (Å²) in [4.78, 5) is 12.4. The third kappa shape index (κ3) is 4.57. The zero-order valence-electron chi connectivity index (χ0n) is 17.7. The van der Waals surface area contributed by atoms with Gasteiger partial charge in [-0.1, -0.05) is 24.3 Å². The van der Waals surface area contributed by atoms with Crippen molar-refractivity contribution < 1.29 is 23.4 Å². The molecule has 1 aromatic heterocycles. The summed E-state index contributed by atoms with van der Waals surface area (Å²) >= 11 is 0. The molecule has 3 aromatic carbocycles. The van der Waals surface area contributed by atoms with Crippen molar-refractivity contribution in [3.05, 3.63) is 78.2 Å². The lowest BCUT2D eigenvalue weighted by atomic mass is 10.1. The van der Waals surface area contributed by atoms with E-state index in [9.17, 15) is 4.79 Å². The number of amides is 2. The molecule has 2 N–H and O–H groups in total. The number of carbonyl (C=O) groups excluding carboxylic acids is 1. The molecule has 0 atom stereocenters. The molecule has 9 heteroatoms. The fourth-order valence-electron chi connectivity index (χ4n) is 3.43. The average molecular weight is 444 g/mol. The Balaban J connectivity index is 1.26. The molecule has 5 rings (SSSR count). The van der Waals surface area contributed by atoms with Gasteiger partial charge in [0.1, 0.15) is 5.75 Å². The Morgan fingerprint density at radius 1 is 0.970 bits per heavy atom. The van der Waals surface area contributed by atoms with Gasteiger partial charge in [0.2, 0.25) is 18.6 Å².